The third-order valence-corrected chi connectivity index (χ3v) is 5.09. The van der Waals surface area contributed by atoms with Gasteiger partial charge in [0.05, 0.1) is 11.1 Å². The Labute approximate surface area is 139 Å². The molecule has 0 saturated heterocycles. The molecule has 0 saturated carbocycles. The fraction of sp³-hybridized carbons (Fsp3) is 0.294. The molecule has 0 bridgehead atoms. The Kier molecular flexibility index (Phi) is 4.95. The maximum Gasteiger partial charge on any atom is 0.166 e. The van der Waals surface area contributed by atoms with Gasteiger partial charge in [-0.05, 0) is 60.3 Å². The first-order valence-electron chi connectivity index (χ1n) is 7.37. The van der Waals surface area contributed by atoms with Crippen LogP contribution in [0.4, 0.5) is 0 Å². The second-order valence-electron chi connectivity index (χ2n) is 5.08. The second kappa shape index (κ2) is 7.11. The largest absolute Gasteiger partial charge is 0.449 e. The highest BCUT2D eigenvalue weighted by molar-refractivity contribution is 8.06. The summed E-state index contributed by atoms with van der Waals surface area (Å²) in [7, 11) is 0. The first kappa shape index (κ1) is 15.3. The van der Waals surface area contributed by atoms with Crippen LogP contribution in [-0.4, -0.2) is 9.36 Å². The van der Waals surface area contributed by atoms with Crippen LogP contribution < -0.4 is 4.74 Å². The normalized spacial score (nSPS) is 19.7. The molecule has 0 amide bonds. The molecule has 1 aliphatic rings. The molecule has 3 nitrogen and oxygen atoms in total. The molecule has 5 heteroatoms. The number of aromatic nitrogens is 2. The second-order valence-corrected chi connectivity index (χ2v) is 7.16. The lowest BCUT2D eigenvalue weighted by atomic mass is 10.1. The van der Waals surface area contributed by atoms with E-state index < -0.39 is 0 Å². The van der Waals surface area contributed by atoms with E-state index in [-0.39, 0.29) is 0 Å². The van der Waals surface area contributed by atoms with Crippen LogP contribution in [-0.2, 0) is 12.8 Å². The maximum absolute atomic E-state index is 6.04. The number of hydrogen-bond donors (Lipinski definition) is 0. The summed E-state index contributed by atoms with van der Waals surface area (Å²) in [5, 5.41) is 0.868. The average molecular weight is 330 g/mol. The highest BCUT2D eigenvalue weighted by Gasteiger charge is 2.11. The predicted octanol–water partition coefficient (Wildman–Crippen LogP) is 5.06. The van der Waals surface area contributed by atoms with Crippen LogP contribution >= 0.6 is 23.3 Å². The van der Waals surface area contributed by atoms with E-state index in [1.54, 1.807) is 18.0 Å². The molecule has 22 heavy (non-hydrogen) atoms. The van der Waals surface area contributed by atoms with Gasteiger partial charge in [-0.15, -0.1) is 0 Å². The van der Waals surface area contributed by atoms with Gasteiger partial charge in [0.25, 0.3) is 0 Å². The maximum atomic E-state index is 6.04. The van der Waals surface area contributed by atoms with E-state index >= 15 is 0 Å². The Balaban J connectivity index is 1.87. The lowest BCUT2D eigenvalue weighted by Gasteiger charge is -2.09. The quantitative estimate of drug-likeness (QED) is 0.788. The summed E-state index contributed by atoms with van der Waals surface area (Å²) >= 11 is 3.18. The minimum atomic E-state index is 0.772. The van der Waals surface area contributed by atoms with Crippen molar-refractivity contribution in [3.05, 3.63) is 56.7 Å². The van der Waals surface area contributed by atoms with Crippen molar-refractivity contribution in [2.75, 3.05) is 0 Å². The van der Waals surface area contributed by atoms with Crippen molar-refractivity contribution in [3.63, 3.8) is 0 Å². The summed E-state index contributed by atoms with van der Waals surface area (Å²) in [6, 6.07) is 3.99. The molecule has 0 radical (unpaired) electrons. The predicted molar refractivity (Wildman–Crippen MR) is 94.0 cm³/mol. The van der Waals surface area contributed by atoms with Crippen LogP contribution in [0.15, 0.2) is 40.6 Å². The monoisotopic (exact) mass is 330 g/mol. The lowest BCUT2D eigenvalue weighted by molar-refractivity contribution is 0.468. The Hall–Kier alpha value is -1.59. The topological polar surface area (TPSA) is 35.0 Å². The summed E-state index contributed by atoms with van der Waals surface area (Å²) in [6.45, 7) is 4.22. The molecule has 0 N–H and O–H groups in total. The zero-order chi connectivity index (χ0) is 15.4. The summed E-state index contributed by atoms with van der Waals surface area (Å²) in [6.07, 6.45) is 11.1. The zero-order valence-corrected chi connectivity index (χ0v) is 14.3. The molecule has 2 aromatic rings. The highest BCUT2D eigenvalue weighted by Crippen LogP contribution is 2.33. The fourth-order valence-corrected chi connectivity index (χ4v) is 3.82. The van der Waals surface area contributed by atoms with Gasteiger partial charge < -0.3 is 4.74 Å². The Morgan fingerprint density at radius 3 is 2.95 bits per heavy atom. The summed E-state index contributed by atoms with van der Waals surface area (Å²) in [4.78, 5) is 6.83. The van der Waals surface area contributed by atoms with E-state index in [0.717, 1.165) is 35.8 Å². The van der Waals surface area contributed by atoms with Crippen molar-refractivity contribution >= 4 is 29.4 Å². The third-order valence-electron chi connectivity index (χ3n) is 3.41. The van der Waals surface area contributed by atoms with Gasteiger partial charge in [0, 0.05) is 18.0 Å². The van der Waals surface area contributed by atoms with Crippen LogP contribution in [0.1, 0.15) is 36.4 Å². The number of aryl methyl sites for hydroxylation is 2. The molecule has 0 atom stereocenters. The van der Waals surface area contributed by atoms with E-state index in [2.05, 4.69) is 35.4 Å². The Bertz CT molecular complexity index is 702. The van der Waals surface area contributed by atoms with Gasteiger partial charge in [-0.1, -0.05) is 24.8 Å². The number of hydrogen-bond acceptors (Lipinski definition) is 5. The minimum absolute atomic E-state index is 0.772. The van der Waals surface area contributed by atoms with Crippen LogP contribution in [0.3, 0.4) is 0 Å². The van der Waals surface area contributed by atoms with Crippen molar-refractivity contribution in [1.29, 1.82) is 0 Å². The van der Waals surface area contributed by atoms with Crippen molar-refractivity contribution in [2.24, 2.45) is 0 Å². The van der Waals surface area contributed by atoms with Gasteiger partial charge in [0.2, 0.25) is 0 Å². The third kappa shape index (κ3) is 3.78. The fourth-order valence-electron chi connectivity index (χ4n) is 2.19. The molecule has 0 spiro atoms. The van der Waals surface area contributed by atoms with Crippen LogP contribution in [0, 0.1) is 0 Å². The molecule has 0 aromatic carbocycles. The van der Waals surface area contributed by atoms with Crippen molar-refractivity contribution in [1.82, 2.24) is 9.36 Å². The number of pyridine rings is 1. The number of ether oxygens (including phenoxy) is 1. The van der Waals surface area contributed by atoms with Crippen molar-refractivity contribution in [3.8, 4) is 5.75 Å². The molecule has 3 rings (SSSR count). The van der Waals surface area contributed by atoms with Gasteiger partial charge in [-0.25, -0.2) is 4.37 Å². The molecule has 0 unspecified atom stereocenters. The molecule has 3 heterocycles. The molecular formula is C17H18N2OS2. The minimum Gasteiger partial charge on any atom is -0.449 e. The highest BCUT2D eigenvalue weighted by atomic mass is 32.2. The van der Waals surface area contributed by atoms with Gasteiger partial charge in [-0.2, -0.15) is 0 Å². The van der Waals surface area contributed by atoms with Gasteiger partial charge in [0.1, 0.15) is 5.75 Å². The number of allylic oxidation sites excluding steroid dienone is 2. The van der Waals surface area contributed by atoms with E-state index in [1.807, 2.05) is 18.3 Å². The van der Waals surface area contributed by atoms with Crippen molar-refractivity contribution in [2.45, 2.75) is 33.1 Å². The van der Waals surface area contributed by atoms with E-state index in [1.165, 1.54) is 26.9 Å². The first-order chi connectivity index (χ1) is 10.7. The molecule has 114 valence electrons. The first-order valence-corrected chi connectivity index (χ1v) is 8.96. The molecule has 0 aliphatic carbocycles. The number of nitrogens with zero attached hydrogens (tertiary/aromatic N) is 2. The number of fused-ring (bicyclic) bond motifs is 1. The number of thioether (sulfide) groups is 1. The van der Waals surface area contributed by atoms with Crippen LogP contribution in [0.25, 0.3) is 6.08 Å². The zero-order valence-electron chi connectivity index (χ0n) is 12.7. The smallest absolute Gasteiger partial charge is 0.166 e. The summed E-state index contributed by atoms with van der Waals surface area (Å²) in [5.41, 5.74) is 2.36. The van der Waals surface area contributed by atoms with E-state index in [4.69, 9.17) is 4.74 Å². The SMILES string of the molecule is CCc1ccc(O/C2=C\c3sncc3CC/C=C(\C)S2)cn1. The standard InChI is InChI=1S/C17H18N2OS2/c1-3-14-7-8-15(11-18-14)20-17-9-16-13(10-19-22-16)6-4-5-12(2)21-17/h5,7-11H,3-4,6H2,1-2H3/b12-5+,17-9+. The van der Waals surface area contributed by atoms with E-state index in [9.17, 15) is 0 Å². The molecule has 2 aromatic heterocycles. The van der Waals surface area contributed by atoms with Crippen LogP contribution in [0.5, 0.6) is 5.75 Å². The lowest BCUT2D eigenvalue weighted by Crippen LogP contribution is -1.94. The van der Waals surface area contributed by atoms with Gasteiger partial charge in [0.15, 0.2) is 5.09 Å². The summed E-state index contributed by atoms with van der Waals surface area (Å²) < 4.78 is 10.3. The van der Waals surface area contributed by atoms with Gasteiger partial charge in [-0.3, -0.25) is 4.98 Å². The van der Waals surface area contributed by atoms with E-state index in [0.29, 0.717) is 0 Å². The Morgan fingerprint density at radius 1 is 1.27 bits per heavy atom. The van der Waals surface area contributed by atoms with Gasteiger partial charge >= 0.3 is 0 Å². The number of rotatable bonds is 3. The van der Waals surface area contributed by atoms with Crippen LogP contribution in [0.2, 0.25) is 0 Å². The Morgan fingerprint density at radius 2 is 2.18 bits per heavy atom. The summed E-state index contributed by atoms with van der Waals surface area (Å²) in [5.74, 6) is 0.772. The van der Waals surface area contributed by atoms with Crippen molar-refractivity contribution < 1.29 is 4.74 Å². The molecule has 1 aliphatic heterocycles. The molecule has 0 fully saturated rings. The average Bonchev–Trinajstić information content (AvgIpc) is 2.96. The molecular weight excluding hydrogens is 312 g/mol.